The quantitative estimate of drug-likeness (QED) is 0.853. The number of aromatic amines is 1. The van der Waals surface area contributed by atoms with Crippen LogP contribution in [0.5, 0.6) is 5.88 Å². The zero-order chi connectivity index (χ0) is 12.1. The molecular weight excluding hydrogens is 218 g/mol. The lowest BCUT2D eigenvalue weighted by Crippen LogP contribution is -2.19. The molecule has 0 aliphatic carbocycles. The monoisotopic (exact) mass is 231 g/mol. The van der Waals surface area contributed by atoms with Gasteiger partial charge < -0.3 is 9.72 Å². The molecule has 0 saturated heterocycles. The van der Waals surface area contributed by atoms with E-state index in [2.05, 4.69) is 15.0 Å². The van der Waals surface area contributed by atoms with Crippen molar-refractivity contribution in [3.8, 4) is 5.88 Å². The molecule has 0 aliphatic rings. The second-order valence-corrected chi connectivity index (χ2v) is 3.46. The Hall–Kier alpha value is -2.17. The Morgan fingerprint density at radius 3 is 2.88 bits per heavy atom. The number of carbonyl (C=O) groups is 1. The zero-order valence-corrected chi connectivity index (χ0v) is 9.46. The van der Waals surface area contributed by atoms with Gasteiger partial charge in [0.2, 0.25) is 12.0 Å². The smallest absolute Gasteiger partial charge is 0.215 e. The Morgan fingerprint density at radius 2 is 2.29 bits per heavy atom. The minimum Gasteiger partial charge on any atom is -0.458 e. The van der Waals surface area contributed by atoms with Gasteiger partial charge in [-0.1, -0.05) is 13.0 Å². The number of imidazole rings is 1. The maximum atomic E-state index is 11.8. The number of nitrogens with zero attached hydrogens (tertiary/aromatic N) is 2. The number of carbonyl (C=O) groups excluding carboxylic acids is 1. The molecular formula is C12H13N3O2. The van der Waals surface area contributed by atoms with E-state index in [0.29, 0.717) is 18.1 Å². The molecule has 1 atom stereocenters. The van der Waals surface area contributed by atoms with Gasteiger partial charge in [0.1, 0.15) is 0 Å². The molecule has 2 rings (SSSR count). The maximum Gasteiger partial charge on any atom is 0.215 e. The molecule has 17 heavy (non-hydrogen) atoms. The van der Waals surface area contributed by atoms with Crippen molar-refractivity contribution in [2.45, 2.75) is 19.4 Å². The van der Waals surface area contributed by atoms with E-state index in [9.17, 15) is 4.79 Å². The van der Waals surface area contributed by atoms with E-state index in [1.54, 1.807) is 43.7 Å². The molecule has 0 spiro atoms. The van der Waals surface area contributed by atoms with Gasteiger partial charge in [0.25, 0.3) is 0 Å². The van der Waals surface area contributed by atoms with E-state index >= 15 is 0 Å². The van der Waals surface area contributed by atoms with Crippen molar-refractivity contribution in [2.75, 3.05) is 0 Å². The number of rotatable bonds is 5. The summed E-state index contributed by atoms with van der Waals surface area (Å²) in [5.74, 6) is 0.879. The number of ether oxygens (including phenoxy) is 1. The first-order valence-corrected chi connectivity index (χ1v) is 5.41. The van der Waals surface area contributed by atoms with E-state index in [1.165, 1.54) is 0 Å². The summed E-state index contributed by atoms with van der Waals surface area (Å²) in [5.41, 5.74) is 0. The molecule has 0 fully saturated rings. The Labute approximate surface area is 98.9 Å². The van der Waals surface area contributed by atoms with E-state index in [0.717, 1.165) is 0 Å². The second-order valence-electron chi connectivity index (χ2n) is 3.46. The van der Waals surface area contributed by atoms with Gasteiger partial charge in [0, 0.05) is 31.1 Å². The third-order valence-electron chi connectivity index (χ3n) is 2.28. The minimum absolute atomic E-state index is 0.0365. The number of nitrogens with one attached hydrogen (secondary N) is 1. The van der Waals surface area contributed by atoms with Crippen molar-refractivity contribution < 1.29 is 9.53 Å². The lowest BCUT2D eigenvalue weighted by molar-refractivity contribution is -0.126. The summed E-state index contributed by atoms with van der Waals surface area (Å²) in [4.78, 5) is 22.8. The van der Waals surface area contributed by atoms with E-state index in [-0.39, 0.29) is 5.78 Å². The fourth-order valence-electron chi connectivity index (χ4n) is 1.42. The maximum absolute atomic E-state index is 11.8. The summed E-state index contributed by atoms with van der Waals surface area (Å²) < 4.78 is 5.56. The molecule has 0 radical (unpaired) electrons. The number of Topliss-reactive ketones (excluding diaryl/α,β-unsaturated/α-hetero) is 1. The van der Waals surface area contributed by atoms with Crippen molar-refractivity contribution in [1.82, 2.24) is 15.0 Å². The van der Waals surface area contributed by atoms with Crippen molar-refractivity contribution in [2.24, 2.45) is 0 Å². The normalized spacial score (nSPS) is 12.1. The van der Waals surface area contributed by atoms with Crippen LogP contribution < -0.4 is 4.74 Å². The number of hydrogen-bond acceptors (Lipinski definition) is 4. The molecule has 0 amide bonds. The molecule has 1 N–H and O–H groups in total. The summed E-state index contributed by atoms with van der Waals surface area (Å²) in [6, 6.07) is 5.30. The molecule has 2 aromatic rings. The zero-order valence-electron chi connectivity index (χ0n) is 9.46. The molecule has 2 aromatic heterocycles. The fraction of sp³-hybridized carbons (Fsp3) is 0.250. The molecule has 2 heterocycles. The topological polar surface area (TPSA) is 67.9 Å². The molecule has 0 aromatic carbocycles. The van der Waals surface area contributed by atoms with Crippen molar-refractivity contribution in [3.63, 3.8) is 0 Å². The first-order chi connectivity index (χ1) is 8.31. The highest BCUT2D eigenvalue weighted by Gasteiger charge is 2.23. The summed E-state index contributed by atoms with van der Waals surface area (Å²) in [6.45, 7) is 1.79. The average molecular weight is 231 g/mol. The summed E-state index contributed by atoms with van der Waals surface area (Å²) >= 11 is 0. The van der Waals surface area contributed by atoms with Gasteiger partial charge in [0.05, 0.1) is 0 Å². The Bertz CT molecular complexity index is 468. The van der Waals surface area contributed by atoms with Crippen LogP contribution in [0.15, 0.2) is 36.8 Å². The summed E-state index contributed by atoms with van der Waals surface area (Å²) in [5, 5.41) is 0. The summed E-state index contributed by atoms with van der Waals surface area (Å²) in [6.07, 6.45) is 4.54. The fourth-order valence-corrected chi connectivity index (χ4v) is 1.42. The minimum atomic E-state index is -0.718. The molecule has 0 aliphatic heterocycles. The van der Waals surface area contributed by atoms with Gasteiger partial charge in [-0.3, -0.25) is 4.79 Å². The average Bonchev–Trinajstić information content (AvgIpc) is 2.90. The predicted octanol–water partition coefficient (Wildman–Crippen LogP) is 1.90. The standard InChI is InChI=1S/C12H13N3O2/c1-2-9(16)11(12-14-7-8-15-12)17-10-5-3-4-6-13-10/h3-8,11H,2H2,1H3,(H,14,15). The highest BCUT2D eigenvalue weighted by Crippen LogP contribution is 2.19. The van der Waals surface area contributed by atoms with E-state index in [4.69, 9.17) is 4.74 Å². The van der Waals surface area contributed by atoms with Crippen LogP contribution >= 0.6 is 0 Å². The van der Waals surface area contributed by atoms with Crippen LogP contribution in [0.1, 0.15) is 25.3 Å². The third-order valence-corrected chi connectivity index (χ3v) is 2.28. The van der Waals surface area contributed by atoms with Gasteiger partial charge in [-0.2, -0.15) is 0 Å². The molecule has 1 unspecified atom stereocenters. The molecule has 5 nitrogen and oxygen atoms in total. The van der Waals surface area contributed by atoms with Crippen LogP contribution in [0.2, 0.25) is 0 Å². The lowest BCUT2D eigenvalue weighted by Gasteiger charge is -2.14. The molecule has 5 heteroatoms. The number of pyridine rings is 1. The van der Waals surface area contributed by atoms with Crippen LogP contribution in [-0.4, -0.2) is 20.7 Å². The van der Waals surface area contributed by atoms with Crippen LogP contribution in [0.25, 0.3) is 0 Å². The van der Waals surface area contributed by atoms with Gasteiger partial charge >= 0.3 is 0 Å². The highest BCUT2D eigenvalue weighted by atomic mass is 16.5. The molecule has 0 bridgehead atoms. The van der Waals surface area contributed by atoms with Crippen molar-refractivity contribution in [1.29, 1.82) is 0 Å². The number of H-pyrrole nitrogens is 1. The van der Waals surface area contributed by atoms with Gasteiger partial charge in [-0.15, -0.1) is 0 Å². The molecule has 0 saturated carbocycles. The van der Waals surface area contributed by atoms with Crippen LogP contribution in [0.3, 0.4) is 0 Å². The SMILES string of the molecule is CCC(=O)C(Oc1ccccn1)c1ncc[nH]1. The lowest BCUT2D eigenvalue weighted by atomic mass is 10.2. The van der Waals surface area contributed by atoms with E-state index in [1.807, 2.05) is 0 Å². The number of aromatic nitrogens is 3. The predicted molar refractivity (Wildman–Crippen MR) is 61.5 cm³/mol. The van der Waals surface area contributed by atoms with Gasteiger partial charge in [-0.05, 0) is 6.07 Å². The Morgan fingerprint density at radius 1 is 1.41 bits per heavy atom. The van der Waals surface area contributed by atoms with Crippen LogP contribution in [0, 0.1) is 0 Å². The first kappa shape index (κ1) is 11.3. The first-order valence-electron chi connectivity index (χ1n) is 5.41. The highest BCUT2D eigenvalue weighted by molar-refractivity contribution is 5.83. The van der Waals surface area contributed by atoms with Crippen LogP contribution in [-0.2, 0) is 4.79 Å². The molecule has 88 valence electrons. The third kappa shape index (κ3) is 2.69. The summed E-state index contributed by atoms with van der Waals surface area (Å²) in [7, 11) is 0. The van der Waals surface area contributed by atoms with E-state index < -0.39 is 6.10 Å². The number of ketones is 1. The second kappa shape index (κ2) is 5.25. The largest absolute Gasteiger partial charge is 0.458 e. The Kier molecular flexibility index (Phi) is 3.49. The van der Waals surface area contributed by atoms with Crippen molar-refractivity contribution in [3.05, 3.63) is 42.6 Å². The van der Waals surface area contributed by atoms with Crippen molar-refractivity contribution >= 4 is 5.78 Å². The van der Waals surface area contributed by atoms with Gasteiger partial charge in [-0.25, -0.2) is 9.97 Å². The number of hydrogen-bond donors (Lipinski definition) is 1. The van der Waals surface area contributed by atoms with Gasteiger partial charge in [0.15, 0.2) is 11.6 Å². The Balaban J connectivity index is 2.20. The van der Waals surface area contributed by atoms with Crippen LogP contribution in [0.4, 0.5) is 0 Å².